The predicted molar refractivity (Wildman–Crippen MR) is 53.9 cm³/mol. The Balaban J connectivity index is 3.39. The molecule has 0 fully saturated rings. The highest BCUT2D eigenvalue weighted by atomic mass is 35.5. The average molecular weight is 217 g/mol. The van der Waals surface area contributed by atoms with Crippen LogP contribution >= 0.6 is 11.6 Å². The van der Waals surface area contributed by atoms with Crippen molar-refractivity contribution in [3.05, 3.63) is 16.4 Å². The van der Waals surface area contributed by atoms with Gasteiger partial charge in [0.25, 0.3) is 0 Å². The van der Waals surface area contributed by atoms with Gasteiger partial charge in [0.1, 0.15) is 10.7 Å². The van der Waals surface area contributed by atoms with Crippen molar-refractivity contribution >= 4 is 17.6 Å². The second-order valence-corrected chi connectivity index (χ2v) is 4.50. The van der Waals surface area contributed by atoms with Crippen molar-refractivity contribution < 1.29 is 9.90 Å². The van der Waals surface area contributed by atoms with E-state index in [-0.39, 0.29) is 16.3 Å². The molecule has 0 aliphatic rings. The molecule has 1 aromatic rings. The number of carboxylic acids is 1. The first-order valence-corrected chi connectivity index (χ1v) is 4.62. The van der Waals surface area contributed by atoms with Crippen LogP contribution in [0.15, 0.2) is 0 Å². The molecule has 14 heavy (non-hydrogen) atoms. The van der Waals surface area contributed by atoms with Crippen LogP contribution in [0.4, 0.5) is 0 Å². The van der Waals surface area contributed by atoms with E-state index in [0.717, 1.165) is 0 Å². The summed E-state index contributed by atoms with van der Waals surface area (Å²) >= 11 is 5.93. The Hall–Kier alpha value is -1.03. The number of nitrogens with zero attached hydrogens (tertiary/aromatic N) is 2. The molecule has 0 bridgehead atoms. The predicted octanol–water partition coefficient (Wildman–Crippen LogP) is 2.30. The maximum Gasteiger partial charge on any atom is 0.340 e. The zero-order valence-electron chi connectivity index (χ0n) is 8.63. The Morgan fingerprint density at radius 1 is 1.50 bits per heavy atom. The summed E-state index contributed by atoms with van der Waals surface area (Å²) in [6.45, 7) is 7.38. The number of aromatic nitrogens is 2. The van der Waals surface area contributed by atoms with E-state index in [2.05, 4.69) is 5.10 Å². The van der Waals surface area contributed by atoms with E-state index in [0.29, 0.717) is 5.69 Å². The van der Waals surface area contributed by atoms with Crippen molar-refractivity contribution in [1.29, 1.82) is 0 Å². The minimum Gasteiger partial charge on any atom is -0.478 e. The van der Waals surface area contributed by atoms with Crippen LogP contribution in [0.25, 0.3) is 0 Å². The third-order valence-corrected chi connectivity index (χ3v) is 2.20. The molecule has 1 rings (SSSR count). The summed E-state index contributed by atoms with van der Waals surface area (Å²) in [4.78, 5) is 10.8. The molecular formula is C9H13ClN2O2. The Bertz CT molecular complexity index is 377. The molecule has 1 heterocycles. The largest absolute Gasteiger partial charge is 0.478 e. The highest BCUT2D eigenvalue weighted by Gasteiger charge is 2.25. The van der Waals surface area contributed by atoms with Gasteiger partial charge < -0.3 is 5.11 Å². The maximum absolute atomic E-state index is 10.8. The molecule has 0 unspecified atom stereocenters. The summed E-state index contributed by atoms with van der Waals surface area (Å²) in [5, 5.41) is 13.2. The lowest BCUT2D eigenvalue weighted by Gasteiger charge is -2.20. The quantitative estimate of drug-likeness (QED) is 0.784. The van der Waals surface area contributed by atoms with Gasteiger partial charge in [-0.2, -0.15) is 5.10 Å². The molecule has 0 radical (unpaired) electrons. The molecule has 4 nitrogen and oxygen atoms in total. The molecule has 0 amide bonds. The summed E-state index contributed by atoms with van der Waals surface area (Å²) in [5.74, 6) is -1.04. The molecular weight excluding hydrogens is 204 g/mol. The fourth-order valence-electron chi connectivity index (χ4n) is 1.19. The van der Waals surface area contributed by atoms with Crippen LogP contribution in [0, 0.1) is 6.92 Å². The van der Waals surface area contributed by atoms with Crippen LogP contribution in [-0.2, 0) is 5.54 Å². The average Bonchev–Trinajstić information content (AvgIpc) is 2.24. The van der Waals surface area contributed by atoms with Crippen molar-refractivity contribution in [2.45, 2.75) is 33.2 Å². The van der Waals surface area contributed by atoms with Crippen molar-refractivity contribution in [1.82, 2.24) is 9.78 Å². The maximum atomic E-state index is 10.8. The van der Waals surface area contributed by atoms with Gasteiger partial charge in [0.2, 0.25) is 0 Å². The van der Waals surface area contributed by atoms with Gasteiger partial charge in [-0.15, -0.1) is 0 Å². The van der Waals surface area contributed by atoms with Crippen molar-refractivity contribution in [3.8, 4) is 0 Å². The van der Waals surface area contributed by atoms with Crippen LogP contribution in [0.2, 0.25) is 5.15 Å². The van der Waals surface area contributed by atoms with Gasteiger partial charge in [0, 0.05) is 0 Å². The van der Waals surface area contributed by atoms with Crippen LogP contribution in [0.3, 0.4) is 0 Å². The fraction of sp³-hybridized carbons (Fsp3) is 0.556. The summed E-state index contributed by atoms with van der Waals surface area (Å²) in [5.41, 5.74) is 0.217. The highest BCUT2D eigenvalue weighted by molar-refractivity contribution is 6.32. The van der Waals surface area contributed by atoms with Crippen molar-refractivity contribution in [3.63, 3.8) is 0 Å². The molecule has 0 saturated carbocycles. The number of halogens is 1. The lowest BCUT2D eigenvalue weighted by Crippen LogP contribution is -2.23. The smallest absolute Gasteiger partial charge is 0.340 e. The Morgan fingerprint density at radius 2 is 2.00 bits per heavy atom. The highest BCUT2D eigenvalue weighted by Crippen LogP contribution is 2.25. The van der Waals surface area contributed by atoms with E-state index >= 15 is 0 Å². The molecule has 0 aromatic carbocycles. The minimum atomic E-state index is -1.04. The number of carbonyl (C=O) groups is 1. The standard InChI is InChI=1S/C9H13ClN2O2/c1-5-6(8(13)14)7(10)12(11-5)9(2,3)4/h1-4H3,(H,13,14). The van der Waals surface area contributed by atoms with Crippen molar-refractivity contribution in [2.24, 2.45) is 0 Å². The van der Waals surface area contributed by atoms with E-state index in [1.54, 1.807) is 6.92 Å². The third kappa shape index (κ3) is 1.75. The van der Waals surface area contributed by atoms with Gasteiger partial charge in [-0.05, 0) is 27.7 Å². The third-order valence-electron chi connectivity index (χ3n) is 1.85. The zero-order chi connectivity index (χ0) is 11.1. The molecule has 0 aliphatic carbocycles. The van der Waals surface area contributed by atoms with Gasteiger partial charge in [-0.25, -0.2) is 9.48 Å². The number of hydrogen-bond donors (Lipinski definition) is 1. The van der Waals surface area contributed by atoms with E-state index in [4.69, 9.17) is 16.7 Å². The summed E-state index contributed by atoms with van der Waals surface area (Å²) in [6.07, 6.45) is 0. The summed E-state index contributed by atoms with van der Waals surface area (Å²) in [6, 6.07) is 0. The lowest BCUT2D eigenvalue weighted by atomic mass is 10.1. The molecule has 78 valence electrons. The zero-order valence-corrected chi connectivity index (χ0v) is 9.38. The van der Waals surface area contributed by atoms with E-state index < -0.39 is 5.97 Å². The van der Waals surface area contributed by atoms with Gasteiger partial charge in [0.15, 0.2) is 0 Å². The first-order chi connectivity index (χ1) is 6.25. The van der Waals surface area contributed by atoms with E-state index in [1.807, 2.05) is 20.8 Å². The first-order valence-electron chi connectivity index (χ1n) is 4.24. The number of aromatic carboxylic acids is 1. The van der Waals surface area contributed by atoms with Gasteiger partial charge in [-0.1, -0.05) is 11.6 Å². The topological polar surface area (TPSA) is 55.1 Å². The Morgan fingerprint density at radius 3 is 2.21 bits per heavy atom. The van der Waals surface area contributed by atoms with Crippen LogP contribution in [0.5, 0.6) is 0 Å². The van der Waals surface area contributed by atoms with Crippen LogP contribution < -0.4 is 0 Å². The molecule has 0 spiro atoms. The molecule has 1 aromatic heterocycles. The number of hydrogen-bond acceptors (Lipinski definition) is 2. The molecule has 1 N–H and O–H groups in total. The SMILES string of the molecule is Cc1nn(C(C)(C)C)c(Cl)c1C(=O)O. The Kier molecular flexibility index (Phi) is 2.58. The molecule has 0 saturated heterocycles. The number of carboxylic acid groups (broad SMARTS) is 1. The van der Waals surface area contributed by atoms with E-state index in [9.17, 15) is 4.79 Å². The fourth-order valence-corrected chi connectivity index (χ4v) is 1.70. The van der Waals surface area contributed by atoms with Crippen molar-refractivity contribution in [2.75, 3.05) is 0 Å². The lowest BCUT2D eigenvalue weighted by molar-refractivity contribution is 0.0696. The van der Waals surface area contributed by atoms with Crippen LogP contribution in [-0.4, -0.2) is 20.9 Å². The number of aryl methyl sites for hydroxylation is 1. The second kappa shape index (κ2) is 3.28. The monoisotopic (exact) mass is 216 g/mol. The summed E-state index contributed by atoms with van der Waals surface area (Å²) in [7, 11) is 0. The van der Waals surface area contributed by atoms with Gasteiger partial charge in [-0.3, -0.25) is 0 Å². The van der Waals surface area contributed by atoms with E-state index in [1.165, 1.54) is 4.68 Å². The second-order valence-electron chi connectivity index (χ2n) is 4.14. The number of rotatable bonds is 1. The minimum absolute atomic E-state index is 0.0848. The van der Waals surface area contributed by atoms with Crippen LogP contribution in [0.1, 0.15) is 36.8 Å². The normalized spacial score (nSPS) is 11.8. The molecule has 0 atom stereocenters. The molecule has 0 aliphatic heterocycles. The molecule has 5 heteroatoms. The Labute approximate surface area is 87.5 Å². The van der Waals surface area contributed by atoms with Gasteiger partial charge >= 0.3 is 5.97 Å². The first kappa shape index (κ1) is 11.0. The van der Waals surface area contributed by atoms with Gasteiger partial charge in [0.05, 0.1) is 11.2 Å². The summed E-state index contributed by atoms with van der Waals surface area (Å²) < 4.78 is 1.52.